The Kier molecular flexibility index (Phi) is 19.0. The second-order valence-electron chi connectivity index (χ2n) is 17.0. The van der Waals surface area contributed by atoms with Gasteiger partial charge in [-0.15, -0.1) is 0 Å². The summed E-state index contributed by atoms with van der Waals surface area (Å²) in [7, 11) is 1.58. The monoisotopic (exact) mass is 938 g/mol. The fraction of sp³-hybridized carbons (Fsp3) is 0.351. The third-order valence-electron chi connectivity index (χ3n) is 11.9. The van der Waals surface area contributed by atoms with E-state index in [0.29, 0.717) is 13.2 Å². The molecule has 0 bridgehead atoms. The number of carbonyl (C=O) groups is 1. The van der Waals surface area contributed by atoms with Gasteiger partial charge in [0.2, 0.25) is 0 Å². The summed E-state index contributed by atoms with van der Waals surface area (Å²) in [6.45, 7) is 2.96. The Morgan fingerprint density at radius 1 is 0.391 bits per heavy atom. The van der Waals surface area contributed by atoms with Crippen LogP contribution >= 0.6 is 0 Å². The molecule has 2 saturated heterocycles. The minimum Gasteiger partial charge on any atom is -0.454 e. The normalized spacial score (nSPS) is 24.7. The Balaban J connectivity index is 1.17. The molecule has 6 aromatic rings. The molecule has 0 radical (unpaired) electrons. The highest BCUT2D eigenvalue weighted by molar-refractivity contribution is 5.66. The molecule has 8 rings (SSSR count). The van der Waals surface area contributed by atoms with Gasteiger partial charge < -0.3 is 52.1 Å². The summed E-state index contributed by atoms with van der Waals surface area (Å²) in [5.41, 5.74) is 5.71. The van der Waals surface area contributed by atoms with Gasteiger partial charge in [0, 0.05) is 14.0 Å². The standard InChI is InChI=1S/C57H62O12/c1-41(58)66-55-52(63-36-45-27-15-6-16-28-45)50(62-35-44-25-13-5-14-26-44)48(39-60-33-42-21-9-3-10-22-42)68-57(55)69-51-49(40-61-34-43-23-11-4-12-24-43)67-56(59-2)54(65-38-47-31-19-8-20-32-47)53(51)64-37-46-29-17-7-18-30-46/h3-32,48-57H,33-40H2,1-2H3/t48-,49-,50-,51-,52+,53+,54-,55+,56+,57-/m1/s1. The van der Waals surface area contributed by atoms with Crippen LogP contribution in [-0.4, -0.2) is 87.7 Å². The average Bonchev–Trinajstić information content (AvgIpc) is 3.39. The molecule has 0 spiro atoms. The first-order valence-electron chi connectivity index (χ1n) is 23.5. The van der Waals surface area contributed by atoms with E-state index >= 15 is 0 Å². The molecule has 362 valence electrons. The largest absolute Gasteiger partial charge is 0.454 e. The molecule has 2 heterocycles. The highest BCUT2D eigenvalue weighted by atomic mass is 16.8. The fourth-order valence-corrected chi connectivity index (χ4v) is 8.52. The molecule has 0 aromatic heterocycles. The first-order chi connectivity index (χ1) is 34.0. The molecule has 0 aliphatic carbocycles. The molecular weight excluding hydrogens is 877 g/mol. The van der Waals surface area contributed by atoms with Crippen molar-refractivity contribution in [3.63, 3.8) is 0 Å². The van der Waals surface area contributed by atoms with Crippen LogP contribution in [0.3, 0.4) is 0 Å². The Labute approximate surface area is 405 Å². The van der Waals surface area contributed by atoms with Crippen LogP contribution in [0.15, 0.2) is 182 Å². The maximum atomic E-state index is 13.3. The van der Waals surface area contributed by atoms with Crippen LogP contribution in [0, 0.1) is 0 Å². The van der Waals surface area contributed by atoms with Crippen molar-refractivity contribution < 1.29 is 56.9 Å². The van der Waals surface area contributed by atoms with E-state index in [9.17, 15) is 4.79 Å². The van der Waals surface area contributed by atoms with Gasteiger partial charge in [0.15, 0.2) is 18.7 Å². The van der Waals surface area contributed by atoms with Gasteiger partial charge in [-0.1, -0.05) is 182 Å². The van der Waals surface area contributed by atoms with Crippen molar-refractivity contribution >= 4 is 5.97 Å². The lowest BCUT2D eigenvalue weighted by Crippen LogP contribution is -2.66. The van der Waals surface area contributed by atoms with E-state index in [0.717, 1.165) is 33.4 Å². The number of benzene rings is 6. The highest BCUT2D eigenvalue weighted by Crippen LogP contribution is 2.36. The molecule has 69 heavy (non-hydrogen) atoms. The molecule has 2 fully saturated rings. The van der Waals surface area contributed by atoms with Gasteiger partial charge in [0.25, 0.3) is 0 Å². The van der Waals surface area contributed by atoms with Crippen molar-refractivity contribution in [3.05, 3.63) is 215 Å². The summed E-state index contributed by atoms with van der Waals surface area (Å²) in [4.78, 5) is 13.3. The molecule has 0 unspecified atom stereocenters. The second kappa shape index (κ2) is 26.4. The Bertz CT molecular complexity index is 2350. The number of esters is 1. The van der Waals surface area contributed by atoms with E-state index in [1.54, 1.807) is 7.11 Å². The summed E-state index contributed by atoms with van der Waals surface area (Å²) in [6.07, 6.45) is -9.24. The Hall–Kier alpha value is -5.61. The smallest absolute Gasteiger partial charge is 0.303 e. The minimum atomic E-state index is -1.27. The van der Waals surface area contributed by atoms with E-state index in [2.05, 4.69) is 0 Å². The van der Waals surface area contributed by atoms with Gasteiger partial charge in [-0.25, -0.2) is 0 Å². The molecule has 12 heteroatoms. The maximum absolute atomic E-state index is 13.3. The molecule has 2 aliphatic rings. The Morgan fingerprint density at radius 3 is 1.09 bits per heavy atom. The molecule has 0 N–H and O–H groups in total. The van der Waals surface area contributed by atoms with Crippen LogP contribution in [0.1, 0.15) is 40.3 Å². The van der Waals surface area contributed by atoms with Crippen molar-refractivity contribution in [2.45, 2.75) is 108 Å². The number of methoxy groups -OCH3 is 1. The first-order valence-corrected chi connectivity index (χ1v) is 23.5. The number of carbonyl (C=O) groups excluding carboxylic acids is 1. The number of hydrogen-bond donors (Lipinski definition) is 0. The van der Waals surface area contributed by atoms with Gasteiger partial charge >= 0.3 is 5.97 Å². The van der Waals surface area contributed by atoms with E-state index in [-0.39, 0.29) is 39.6 Å². The summed E-state index contributed by atoms with van der Waals surface area (Å²) >= 11 is 0. The van der Waals surface area contributed by atoms with Gasteiger partial charge in [0.1, 0.15) is 42.7 Å². The Morgan fingerprint density at radius 2 is 0.710 bits per heavy atom. The number of rotatable bonds is 24. The number of hydrogen-bond acceptors (Lipinski definition) is 12. The van der Waals surface area contributed by atoms with Gasteiger partial charge in [-0.2, -0.15) is 0 Å². The predicted octanol–water partition coefficient (Wildman–Crippen LogP) is 9.17. The topological polar surface area (TPSA) is 119 Å². The van der Waals surface area contributed by atoms with Crippen LogP contribution in [0.2, 0.25) is 0 Å². The molecule has 10 atom stereocenters. The number of ether oxygens (including phenoxy) is 11. The van der Waals surface area contributed by atoms with Crippen LogP contribution < -0.4 is 0 Å². The molecule has 2 aliphatic heterocycles. The fourth-order valence-electron chi connectivity index (χ4n) is 8.52. The van der Waals surface area contributed by atoms with Crippen molar-refractivity contribution in [2.75, 3.05) is 20.3 Å². The van der Waals surface area contributed by atoms with Crippen LogP contribution in [0.5, 0.6) is 0 Å². The van der Waals surface area contributed by atoms with Crippen molar-refractivity contribution in [2.24, 2.45) is 0 Å². The third-order valence-corrected chi connectivity index (χ3v) is 11.9. The van der Waals surface area contributed by atoms with Crippen LogP contribution in [0.25, 0.3) is 0 Å². The van der Waals surface area contributed by atoms with Crippen molar-refractivity contribution in [1.82, 2.24) is 0 Å². The lowest BCUT2D eigenvalue weighted by Gasteiger charge is -2.49. The summed E-state index contributed by atoms with van der Waals surface area (Å²) in [5.74, 6) is -0.561. The quantitative estimate of drug-likeness (QED) is 0.0539. The van der Waals surface area contributed by atoms with Crippen molar-refractivity contribution in [1.29, 1.82) is 0 Å². The van der Waals surface area contributed by atoms with Gasteiger partial charge in [-0.05, 0) is 33.4 Å². The molecule has 6 aromatic carbocycles. The average molecular weight is 939 g/mol. The van der Waals surface area contributed by atoms with Gasteiger partial charge in [0.05, 0.1) is 52.9 Å². The zero-order valence-corrected chi connectivity index (χ0v) is 39.1. The lowest BCUT2D eigenvalue weighted by atomic mass is 9.95. The zero-order chi connectivity index (χ0) is 47.5. The van der Waals surface area contributed by atoms with E-state index in [1.807, 2.05) is 182 Å². The third kappa shape index (κ3) is 14.7. The molecule has 0 amide bonds. The summed E-state index contributed by atoms with van der Waals surface area (Å²) < 4.78 is 73.6. The summed E-state index contributed by atoms with van der Waals surface area (Å²) in [5, 5.41) is 0. The molecular formula is C57H62O12. The van der Waals surface area contributed by atoms with Gasteiger partial charge in [-0.3, -0.25) is 4.79 Å². The van der Waals surface area contributed by atoms with Crippen LogP contribution in [0.4, 0.5) is 0 Å². The second-order valence-corrected chi connectivity index (χ2v) is 17.0. The SMILES string of the molecule is CO[C@H]1O[C@H](COCc2ccccc2)[C@@H](O[C@H]2O[C@H](COCc3ccccc3)[C@@H](OCc3ccccc3)[C@H](OCc3ccccc3)[C@@H]2OC(C)=O)[C@H](OCc2ccccc2)[C@H]1OCc1ccccc1. The predicted molar refractivity (Wildman–Crippen MR) is 257 cm³/mol. The van der Waals surface area contributed by atoms with Crippen molar-refractivity contribution in [3.8, 4) is 0 Å². The zero-order valence-electron chi connectivity index (χ0n) is 39.1. The molecule has 12 nitrogen and oxygen atoms in total. The maximum Gasteiger partial charge on any atom is 0.303 e. The first kappa shape index (κ1) is 49.8. The van der Waals surface area contributed by atoms with E-state index in [1.165, 1.54) is 6.92 Å². The van der Waals surface area contributed by atoms with E-state index in [4.69, 9.17) is 52.1 Å². The van der Waals surface area contributed by atoms with E-state index < -0.39 is 67.4 Å². The van der Waals surface area contributed by atoms with Crippen LogP contribution in [-0.2, 0) is 96.5 Å². The molecule has 0 saturated carbocycles. The minimum absolute atomic E-state index is 0.0708. The highest BCUT2D eigenvalue weighted by Gasteiger charge is 2.55. The summed E-state index contributed by atoms with van der Waals surface area (Å²) in [6, 6.07) is 59.2. The lowest BCUT2D eigenvalue weighted by molar-refractivity contribution is -0.372.